The van der Waals surface area contributed by atoms with Crippen molar-refractivity contribution in [3.05, 3.63) is 64.2 Å². The van der Waals surface area contributed by atoms with Gasteiger partial charge in [0.25, 0.3) is 5.91 Å². The number of amides is 2. The SMILES string of the molecule is CC(=O)Nc1cccc(NC(=O)c2sc(-c3ccc(C)cc3C)nc2C)c1. The van der Waals surface area contributed by atoms with Crippen LogP contribution < -0.4 is 10.6 Å². The highest BCUT2D eigenvalue weighted by atomic mass is 32.1. The average molecular weight is 379 g/mol. The van der Waals surface area contributed by atoms with Gasteiger partial charge in [-0.05, 0) is 44.5 Å². The molecule has 0 aliphatic heterocycles. The zero-order valence-electron chi connectivity index (χ0n) is 15.7. The number of aromatic nitrogens is 1. The maximum Gasteiger partial charge on any atom is 0.267 e. The molecule has 1 aromatic heterocycles. The molecule has 0 radical (unpaired) electrons. The third-order valence-electron chi connectivity index (χ3n) is 4.06. The minimum atomic E-state index is -0.207. The van der Waals surface area contributed by atoms with Crippen LogP contribution in [-0.2, 0) is 4.79 Å². The molecule has 5 nitrogen and oxygen atoms in total. The van der Waals surface area contributed by atoms with E-state index in [1.54, 1.807) is 24.3 Å². The molecule has 27 heavy (non-hydrogen) atoms. The molecule has 0 bridgehead atoms. The van der Waals surface area contributed by atoms with Gasteiger partial charge in [-0.1, -0.05) is 29.8 Å². The second kappa shape index (κ2) is 7.72. The molecule has 0 spiro atoms. The summed E-state index contributed by atoms with van der Waals surface area (Å²) in [6.07, 6.45) is 0. The summed E-state index contributed by atoms with van der Waals surface area (Å²) >= 11 is 1.38. The second-order valence-electron chi connectivity index (χ2n) is 6.47. The number of thiazole rings is 1. The van der Waals surface area contributed by atoms with Crippen LogP contribution in [-0.4, -0.2) is 16.8 Å². The van der Waals surface area contributed by atoms with Crippen LogP contribution in [0, 0.1) is 20.8 Å². The number of anilines is 2. The van der Waals surface area contributed by atoms with Gasteiger partial charge in [-0.3, -0.25) is 9.59 Å². The molecular weight excluding hydrogens is 358 g/mol. The zero-order valence-corrected chi connectivity index (χ0v) is 16.5. The van der Waals surface area contributed by atoms with Crippen molar-refractivity contribution in [3.63, 3.8) is 0 Å². The molecule has 2 amide bonds. The highest BCUT2D eigenvalue weighted by molar-refractivity contribution is 7.17. The number of hydrogen-bond acceptors (Lipinski definition) is 4. The number of nitrogens with zero attached hydrogens (tertiary/aromatic N) is 1. The summed E-state index contributed by atoms with van der Waals surface area (Å²) in [5.74, 6) is -0.365. The molecule has 0 saturated carbocycles. The fourth-order valence-corrected chi connectivity index (χ4v) is 3.89. The van der Waals surface area contributed by atoms with Crippen molar-refractivity contribution in [1.29, 1.82) is 0 Å². The molecule has 0 aliphatic rings. The third kappa shape index (κ3) is 4.41. The predicted octanol–water partition coefficient (Wildman–Crippen LogP) is 4.95. The molecule has 6 heteroatoms. The van der Waals surface area contributed by atoms with Gasteiger partial charge in [0.1, 0.15) is 9.88 Å². The Balaban J connectivity index is 1.84. The molecule has 3 aromatic rings. The monoisotopic (exact) mass is 379 g/mol. The predicted molar refractivity (Wildman–Crippen MR) is 110 cm³/mol. The molecule has 0 saturated heterocycles. The Hall–Kier alpha value is -2.99. The Labute approximate surface area is 162 Å². The van der Waals surface area contributed by atoms with E-state index in [0.717, 1.165) is 16.1 Å². The minimum Gasteiger partial charge on any atom is -0.326 e. The maximum absolute atomic E-state index is 12.7. The Morgan fingerprint density at radius 3 is 2.33 bits per heavy atom. The molecule has 0 unspecified atom stereocenters. The first kappa shape index (κ1) is 18.8. The average Bonchev–Trinajstić information content (AvgIpc) is 2.96. The maximum atomic E-state index is 12.7. The van der Waals surface area contributed by atoms with E-state index in [4.69, 9.17) is 0 Å². The molecular formula is C21H21N3O2S. The van der Waals surface area contributed by atoms with Gasteiger partial charge in [0.15, 0.2) is 0 Å². The van der Waals surface area contributed by atoms with Crippen LogP contribution in [0.4, 0.5) is 11.4 Å². The van der Waals surface area contributed by atoms with E-state index in [-0.39, 0.29) is 11.8 Å². The van der Waals surface area contributed by atoms with Gasteiger partial charge in [-0.15, -0.1) is 11.3 Å². The number of aryl methyl sites for hydroxylation is 3. The summed E-state index contributed by atoms with van der Waals surface area (Å²) in [4.78, 5) is 29.1. The van der Waals surface area contributed by atoms with E-state index < -0.39 is 0 Å². The Bertz CT molecular complexity index is 1020. The first-order valence-electron chi connectivity index (χ1n) is 8.57. The molecule has 138 valence electrons. The van der Waals surface area contributed by atoms with E-state index in [1.165, 1.54) is 23.8 Å². The summed E-state index contributed by atoms with van der Waals surface area (Å²) < 4.78 is 0. The summed E-state index contributed by atoms with van der Waals surface area (Å²) in [6.45, 7) is 7.39. The fourth-order valence-electron chi connectivity index (χ4n) is 2.84. The first-order valence-corrected chi connectivity index (χ1v) is 9.39. The van der Waals surface area contributed by atoms with E-state index in [0.29, 0.717) is 21.9 Å². The van der Waals surface area contributed by atoms with Crippen LogP contribution in [0.2, 0.25) is 0 Å². The Kier molecular flexibility index (Phi) is 5.37. The fraction of sp³-hybridized carbons (Fsp3) is 0.190. The molecule has 3 rings (SSSR count). The number of carbonyl (C=O) groups is 2. The van der Waals surface area contributed by atoms with Crippen molar-refractivity contribution < 1.29 is 9.59 Å². The van der Waals surface area contributed by atoms with Crippen LogP contribution >= 0.6 is 11.3 Å². The standard InChI is InChI=1S/C21H21N3O2S/c1-12-8-9-18(13(2)10-12)21-22-14(3)19(27-21)20(26)24-17-7-5-6-16(11-17)23-15(4)25/h5-11H,1-4H3,(H,23,25)(H,24,26). The smallest absolute Gasteiger partial charge is 0.267 e. The lowest BCUT2D eigenvalue weighted by Gasteiger charge is -2.07. The van der Waals surface area contributed by atoms with Crippen molar-refractivity contribution in [2.75, 3.05) is 10.6 Å². The normalized spacial score (nSPS) is 10.5. The van der Waals surface area contributed by atoms with Gasteiger partial charge < -0.3 is 10.6 Å². The van der Waals surface area contributed by atoms with Crippen molar-refractivity contribution in [2.45, 2.75) is 27.7 Å². The van der Waals surface area contributed by atoms with Crippen molar-refractivity contribution in [2.24, 2.45) is 0 Å². The molecule has 0 fully saturated rings. The Morgan fingerprint density at radius 1 is 0.963 bits per heavy atom. The molecule has 0 atom stereocenters. The molecule has 1 heterocycles. The summed E-state index contributed by atoms with van der Waals surface area (Å²) in [5, 5.41) is 6.42. The van der Waals surface area contributed by atoms with Gasteiger partial charge in [-0.2, -0.15) is 0 Å². The van der Waals surface area contributed by atoms with Gasteiger partial charge in [0.2, 0.25) is 5.91 Å². The number of carbonyl (C=O) groups excluding carboxylic acids is 2. The molecule has 2 aromatic carbocycles. The quantitative estimate of drug-likeness (QED) is 0.674. The topological polar surface area (TPSA) is 71.1 Å². The van der Waals surface area contributed by atoms with E-state index in [9.17, 15) is 9.59 Å². The third-order valence-corrected chi connectivity index (χ3v) is 5.25. The highest BCUT2D eigenvalue weighted by Gasteiger charge is 2.17. The summed E-state index contributed by atoms with van der Waals surface area (Å²) in [6, 6.07) is 13.3. The highest BCUT2D eigenvalue weighted by Crippen LogP contribution is 2.31. The number of hydrogen-bond donors (Lipinski definition) is 2. The lowest BCUT2D eigenvalue weighted by Crippen LogP contribution is -2.12. The lowest BCUT2D eigenvalue weighted by molar-refractivity contribution is -0.114. The number of nitrogens with one attached hydrogen (secondary N) is 2. The van der Waals surface area contributed by atoms with Crippen LogP contribution in [0.15, 0.2) is 42.5 Å². The molecule has 2 N–H and O–H groups in total. The zero-order chi connectivity index (χ0) is 19.6. The van der Waals surface area contributed by atoms with Crippen LogP contribution in [0.3, 0.4) is 0 Å². The first-order chi connectivity index (χ1) is 12.8. The van der Waals surface area contributed by atoms with Crippen LogP contribution in [0.25, 0.3) is 10.6 Å². The van der Waals surface area contributed by atoms with Crippen molar-refractivity contribution in [3.8, 4) is 10.6 Å². The Morgan fingerprint density at radius 2 is 1.67 bits per heavy atom. The van der Waals surface area contributed by atoms with Crippen molar-refractivity contribution >= 4 is 34.5 Å². The van der Waals surface area contributed by atoms with Gasteiger partial charge in [0.05, 0.1) is 5.69 Å². The number of rotatable bonds is 4. The largest absolute Gasteiger partial charge is 0.326 e. The summed E-state index contributed by atoms with van der Waals surface area (Å²) in [5.41, 5.74) is 5.33. The van der Waals surface area contributed by atoms with Gasteiger partial charge in [0, 0.05) is 23.9 Å². The molecule has 0 aliphatic carbocycles. The minimum absolute atomic E-state index is 0.158. The second-order valence-corrected chi connectivity index (χ2v) is 7.47. The van der Waals surface area contributed by atoms with E-state index in [1.807, 2.05) is 26.0 Å². The van der Waals surface area contributed by atoms with Crippen LogP contribution in [0.5, 0.6) is 0 Å². The van der Waals surface area contributed by atoms with E-state index >= 15 is 0 Å². The number of benzene rings is 2. The van der Waals surface area contributed by atoms with Gasteiger partial charge in [-0.25, -0.2) is 4.98 Å². The van der Waals surface area contributed by atoms with Crippen LogP contribution in [0.1, 0.15) is 33.4 Å². The van der Waals surface area contributed by atoms with Crippen molar-refractivity contribution in [1.82, 2.24) is 4.98 Å². The van der Waals surface area contributed by atoms with Gasteiger partial charge >= 0.3 is 0 Å². The lowest BCUT2D eigenvalue weighted by atomic mass is 10.1. The van der Waals surface area contributed by atoms with E-state index in [2.05, 4.69) is 28.6 Å². The summed E-state index contributed by atoms with van der Waals surface area (Å²) in [7, 11) is 0.